The number of para-hydroxylation sites is 1. The molecule has 0 radical (unpaired) electrons. The van der Waals surface area contributed by atoms with E-state index in [9.17, 15) is 0 Å². The Labute approximate surface area is 136 Å². The summed E-state index contributed by atoms with van der Waals surface area (Å²) in [5, 5.41) is 0. The van der Waals surface area contributed by atoms with Gasteiger partial charge in [0, 0.05) is 51.5 Å². The number of rotatable bonds is 3. The maximum atomic E-state index is 2.67. The Hall–Kier alpha value is -1.06. The molecule has 22 heavy (non-hydrogen) atoms. The van der Waals surface area contributed by atoms with Gasteiger partial charge in [-0.1, -0.05) is 32.0 Å². The van der Waals surface area contributed by atoms with E-state index in [4.69, 9.17) is 0 Å². The predicted octanol–water partition coefficient (Wildman–Crippen LogP) is 3.18. The molecule has 2 fully saturated rings. The molecule has 2 aliphatic heterocycles. The molecular weight excluding hydrogens is 270 g/mol. The van der Waals surface area contributed by atoms with Gasteiger partial charge in [-0.25, -0.2) is 0 Å². The van der Waals surface area contributed by atoms with E-state index >= 15 is 0 Å². The molecule has 2 heterocycles. The second-order valence-corrected chi connectivity index (χ2v) is 6.39. The number of likely N-dealkylation sites (N-methyl/N-ethyl adjacent to an activating group) is 1. The van der Waals surface area contributed by atoms with Gasteiger partial charge in [-0.3, -0.25) is 0 Å². The molecule has 1 unspecified atom stereocenters. The van der Waals surface area contributed by atoms with Gasteiger partial charge in [0.25, 0.3) is 0 Å². The smallest absolute Gasteiger partial charge is 0.0366 e. The number of hydrogen-bond acceptors (Lipinski definition) is 3. The van der Waals surface area contributed by atoms with Crippen molar-refractivity contribution in [3.63, 3.8) is 0 Å². The Kier molecular flexibility index (Phi) is 7.20. The summed E-state index contributed by atoms with van der Waals surface area (Å²) in [6.45, 7) is 12.7. The van der Waals surface area contributed by atoms with Crippen molar-refractivity contribution in [2.45, 2.75) is 26.7 Å². The van der Waals surface area contributed by atoms with Gasteiger partial charge in [0.15, 0.2) is 0 Å². The Morgan fingerprint density at radius 3 is 2.32 bits per heavy atom. The fraction of sp³-hybridized carbons (Fsp3) is 0.684. The van der Waals surface area contributed by atoms with Crippen molar-refractivity contribution in [1.82, 2.24) is 9.80 Å². The number of piperidine rings is 1. The van der Waals surface area contributed by atoms with Crippen LogP contribution in [-0.4, -0.2) is 62.7 Å². The first-order valence-electron chi connectivity index (χ1n) is 9.02. The molecule has 0 aliphatic carbocycles. The number of anilines is 1. The largest absolute Gasteiger partial charge is 0.371 e. The van der Waals surface area contributed by atoms with Crippen molar-refractivity contribution in [1.29, 1.82) is 0 Å². The highest BCUT2D eigenvalue weighted by Gasteiger charge is 2.23. The Bertz CT molecular complexity index is 398. The summed E-state index contributed by atoms with van der Waals surface area (Å²) in [7, 11) is 2.23. The van der Waals surface area contributed by atoms with Crippen molar-refractivity contribution >= 4 is 5.69 Å². The number of benzene rings is 1. The van der Waals surface area contributed by atoms with E-state index in [-0.39, 0.29) is 0 Å². The van der Waals surface area contributed by atoms with Crippen LogP contribution in [0.1, 0.15) is 26.7 Å². The maximum absolute atomic E-state index is 2.67. The van der Waals surface area contributed by atoms with E-state index in [1.54, 1.807) is 0 Å². The van der Waals surface area contributed by atoms with Crippen LogP contribution in [0.4, 0.5) is 5.69 Å². The van der Waals surface area contributed by atoms with E-state index in [0.717, 1.165) is 5.92 Å². The summed E-state index contributed by atoms with van der Waals surface area (Å²) in [6.07, 6.45) is 2.74. The highest BCUT2D eigenvalue weighted by molar-refractivity contribution is 5.46. The molecular formula is C19H33N3. The molecule has 0 spiro atoms. The van der Waals surface area contributed by atoms with E-state index in [1.807, 2.05) is 13.8 Å². The molecule has 2 aliphatic rings. The number of nitrogens with zero attached hydrogens (tertiary/aromatic N) is 3. The minimum Gasteiger partial charge on any atom is -0.371 e. The van der Waals surface area contributed by atoms with Crippen molar-refractivity contribution in [3.8, 4) is 0 Å². The van der Waals surface area contributed by atoms with Crippen molar-refractivity contribution in [3.05, 3.63) is 30.3 Å². The summed E-state index contributed by atoms with van der Waals surface area (Å²) in [5.41, 5.74) is 1.40. The summed E-state index contributed by atoms with van der Waals surface area (Å²) < 4.78 is 0. The van der Waals surface area contributed by atoms with E-state index < -0.39 is 0 Å². The van der Waals surface area contributed by atoms with Crippen molar-refractivity contribution in [2.75, 3.05) is 57.8 Å². The molecule has 0 amide bonds. The minimum atomic E-state index is 0.840. The molecule has 3 heteroatoms. The zero-order chi connectivity index (χ0) is 15.8. The average molecular weight is 303 g/mol. The molecule has 0 N–H and O–H groups in total. The molecule has 3 rings (SSSR count). The van der Waals surface area contributed by atoms with Gasteiger partial charge in [-0.15, -0.1) is 0 Å². The molecule has 1 aromatic rings. The van der Waals surface area contributed by atoms with Crippen LogP contribution in [0.3, 0.4) is 0 Å². The second-order valence-electron chi connectivity index (χ2n) is 6.39. The monoisotopic (exact) mass is 303 g/mol. The van der Waals surface area contributed by atoms with Crippen LogP contribution in [0, 0.1) is 5.92 Å². The van der Waals surface area contributed by atoms with Gasteiger partial charge in [-0.05, 0) is 37.9 Å². The highest BCUT2D eigenvalue weighted by atomic mass is 15.2. The van der Waals surface area contributed by atoms with Crippen molar-refractivity contribution in [2.24, 2.45) is 5.92 Å². The van der Waals surface area contributed by atoms with Crippen molar-refractivity contribution < 1.29 is 0 Å². The van der Waals surface area contributed by atoms with Gasteiger partial charge in [0.2, 0.25) is 0 Å². The van der Waals surface area contributed by atoms with Crippen LogP contribution in [0.2, 0.25) is 0 Å². The number of hydrogen-bond donors (Lipinski definition) is 0. The lowest BCUT2D eigenvalue weighted by Crippen LogP contribution is -2.48. The van der Waals surface area contributed by atoms with Gasteiger partial charge in [0.05, 0.1) is 0 Å². The SMILES string of the molecule is CC.CN1CCN(CC2CCCN(c3ccccc3)C2)CC1. The lowest BCUT2D eigenvalue weighted by molar-refractivity contribution is 0.131. The van der Waals surface area contributed by atoms with Crippen LogP contribution in [-0.2, 0) is 0 Å². The van der Waals surface area contributed by atoms with E-state index in [1.165, 1.54) is 64.3 Å². The average Bonchev–Trinajstić information content (AvgIpc) is 2.60. The minimum absolute atomic E-state index is 0.840. The fourth-order valence-electron chi connectivity index (χ4n) is 3.48. The summed E-state index contributed by atoms with van der Waals surface area (Å²) in [4.78, 5) is 7.68. The quantitative estimate of drug-likeness (QED) is 0.849. The van der Waals surface area contributed by atoms with Gasteiger partial charge < -0.3 is 14.7 Å². The Balaban J connectivity index is 0.000000847. The lowest BCUT2D eigenvalue weighted by Gasteiger charge is -2.39. The molecule has 2 saturated heterocycles. The molecule has 0 bridgehead atoms. The van der Waals surface area contributed by atoms with Crippen LogP contribution in [0.5, 0.6) is 0 Å². The molecule has 124 valence electrons. The molecule has 1 atom stereocenters. The predicted molar refractivity (Wildman–Crippen MR) is 96.7 cm³/mol. The standard InChI is InChI=1S/C17H27N3.C2H6/c1-18-10-12-19(13-11-18)14-16-6-5-9-20(15-16)17-7-3-2-4-8-17;1-2/h2-4,7-8,16H,5-6,9-15H2,1H3;1-2H3. The third kappa shape index (κ3) is 4.99. The third-order valence-corrected chi connectivity index (χ3v) is 4.75. The first-order chi connectivity index (χ1) is 10.8. The first-order valence-corrected chi connectivity index (χ1v) is 9.02. The Morgan fingerprint density at radius 2 is 1.64 bits per heavy atom. The van der Waals surface area contributed by atoms with E-state index in [2.05, 4.69) is 52.1 Å². The molecule has 1 aromatic carbocycles. The maximum Gasteiger partial charge on any atom is 0.0366 e. The normalized spacial score (nSPS) is 23.8. The topological polar surface area (TPSA) is 9.72 Å². The van der Waals surface area contributed by atoms with E-state index in [0.29, 0.717) is 0 Å². The summed E-state index contributed by atoms with van der Waals surface area (Å²) in [6, 6.07) is 10.9. The summed E-state index contributed by atoms with van der Waals surface area (Å²) in [5.74, 6) is 0.840. The highest BCUT2D eigenvalue weighted by Crippen LogP contribution is 2.23. The Morgan fingerprint density at radius 1 is 0.955 bits per heavy atom. The zero-order valence-corrected chi connectivity index (χ0v) is 14.7. The number of piperazine rings is 1. The molecule has 0 aromatic heterocycles. The lowest BCUT2D eigenvalue weighted by atomic mass is 9.96. The van der Waals surface area contributed by atoms with Crippen LogP contribution in [0.25, 0.3) is 0 Å². The summed E-state index contributed by atoms with van der Waals surface area (Å²) >= 11 is 0. The second kappa shape index (κ2) is 9.16. The third-order valence-electron chi connectivity index (χ3n) is 4.75. The first kappa shape index (κ1) is 17.3. The molecule has 3 nitrogen and oxygen atoms in total. The van der Waals surface area contributed by atoms with Crippen LogP contribution in [0.15, 0.2) is 30.3 Å². The van der Waals surface area contributed by atoms with Crippen LogP contribution < -0.4 is 4.90 Å². The fourth-order valence-corrected chi connectivity index (χ4v) is 3.48. The molecule has 0 saturated carbocycles. The van der Waals surface area contributed by atoms with Gasteiger partial charge >= 0.3 is 0 Å². The van der Waals surface area contributed by atoms with Gasteiger partial charge in [0.1, 0.15) is 0 Å². The zero-order valence-electron chi connectivity index (χ0n) is 14.7. The van der Waals surface area contributed by atoms with Gasteiger partial charge in [-0.2, -0.15) is 0 Å². The van der Waals surface area contributed by atoms with Crippen LogP contribution >= 0.6 is 0 Å².